The third kappa shape index (κ3) is 4.05. The van der Waals surface area contributed by atoms with Crippen LogP contribution in [0, 0.1) is 0 Å². The van der Waals surface area contributed by atoms with Crippen LogP contribution in [-0.2, 0) is 0 Å². The molecule has 2 aromatic heterocycles. The second-order valence-electron chi connectivity index (χ2n) is 7.07. The van der Waals surface area contributed by atoms with Crippen molar-refractivity contribution in [1.82, 2.24) is 15.0 Å². The Morgan fingerprint density at radius 1 is 0.419 bits per heavy atom. The first-order chi connectivity index (χ1) is 15.4. The van der Waals surface area contributed by atoms with Crippen molar-refractivity contribution in [1.29, 1.82) is 0 Å². The van der Waals surface area contributed by atoms with Gasteiger partial charge in [0.25, 0.3) is 0 Å². The summed E-state index contributed by atoms with van der Waals surface area (Å²) in [6.07, 6.45) is 7.16. The number of nitrogens with zero attached hydrogens (tertiary/aromatic N) is 4. The van der Waals surface area contributed by atoms with E-state index in [9.17, 15) is 0 Å². The molecule has 4 nitrogen and oxygen atoms in total. The molecule has 0 aliphatic carbocycles. The number of aromatic nitrogens is 3. The van der Waals surface area contributed by atoms with Gasteiger partial charge in [0.1, 0.15) is 0 Å². The zero-order valence-electron chi connectivity index (χ0n) is 16.8. The van der Waals surface area contributed by atoms with Gasteiger partial charge in [0.15, 0.2) is 5.82 Å². The highest BCUT2D eigenvalue weighted by atomic mass is 15.1. The van der Waals surface area contributed by atoms with Crippen LogP contribution >= 0.6 is 0 Å². The molecule has 0 N–H and O–H groups in total. The zero-order chi connectivity index (χ0) is 20.9. The van der Waals surface area contributed by atoms with Gasteiger partial charge in [0.05, 0.1) is 0 Å². The third-order valence-corrected chi connectivity index (χ3v) is 5.10. The molecule has 5 aromatic rings. The molecule has 0 saturated heterocycles. The van der Waals surface area contributed by atoms with Gasteiger partial charge in [-0.2, -0.15) is 0 Å². The van der Waals surface area contributed by atoms with E-state index >= 15 is 0 Å². The molecular weight excluding hydrogens is 380 g/mol. The fraction of sp³-hybridized carbons (Fsp3) is 0. The maximum Gasteiger partial charge on any atom is 0.159 e. The van der Waals surface area contributed by atoms with E-state index in [1.165, 1.54) is 0 Å². The van der Waals surface area contributed by atoms with E-state index in [1.807, 2.05) is 36.7 Å². The number of para-hydroxylation sites is 1. The van der Waals surface area contributed by atoms with Crippen molar-refractivity contribution in [2.75, 3.05) is 4.90 Å². The second-order valence-corrected chi connectivity index (χ2v) is 7.07. The summed E-state index contributed by atoms with van der Waals surface area (Å²) >= 11 is 0. The number of rotatable bonds is 5. The molecule has 2 heterocycles. The standard InChI is InChI=1S/C27H20N4/c1-2-5-24(6-3-1)31(25-11-7-21(8-12-25)22-15-19-28-20-16-22)26-13-9-23(10-14-26)27-29-17-4-18-30-27/h1-20H. The maximum absolute atomic E-state index is 4.35. The molecule has 0 spiro atoms. The number of anilines is 3. The first-order valence-electron chi connectivity index (χ1n) is 10.1. The summed E-state index contributed by atoms with van der Waals surface area (Å²) in [5.41, 5.74) is 6.57. The predicted molar refractivity (Wildman–Crippen MR) is 125 cm³/mol. The summed E-state index contributed by atoms with van der Waals surface area (Å²) in [4.78, 5) is 15.0. The van der Waals surface area contributed by atoms with Crippen LogP contribution in [0.3, 0.4) is 0 Å². The molecule has 0 aliphatic heterocycles. The second kappa shape index (κ2) is 8.59. The van der Waals surface area contributed by atoms with Gasteiger partial charge in [-0.05, 0) is 77.9 Å². The van der Waals surface area contributed by atoms with E-state index in [0.717, 1.165) is 39.6 Å². The van der Waals surface area contributed by atoms with Gasteiger partial charge in [0.2, 0.25) is 0 Å². The van der Waals surface area contributed by atoms with Crippen molar-refractivity contribution in [3.05, 3.63) is 122 Å². The fourth-order valence-electron chi connectivity index (χ4n) is 3.58. The van der Waals surface area contributed by atoms with Crippen LogP contribution in [-0.4, -0.2) is 15.0 Å². The lowest BCUT2D eigenvalue weighted by Gasteiger charge is -2.25. The van der Waals surface area contributed by atoms with Crippen molar-refractivity contribution in [2.24, 2.45) is 0 Å². The summed E-state index contributed by atoms with van der Waals surface area (Å²) < 4.78 is 0. The average molecular weight is 400 g/mol. The van der Waals surface area contributed by atoms with Crippen LogP contribution in [0.25, 0.3) is 22.5 Å². The summed E-state index contributed by atoms with van der Waals surface area (Å²) in [5.74, 6) is 0.724. The number of hydrogen-bond donors (Lipinski definition) is 0. The average Bonchev–Trinajstić information content (AvgIpc) is 2.87. The molecular formula is C27H20N4. The highest BCUT2D eigenvalue weighted by Gasteiger charge is 2.13. The Morgan fingerprint density at radius 2 is 0.935 bits per heavy atom. The van der Waals surface area contributed by atoms with Crippen molar-refractivity contribution < 1.29 is 0 Å². The molecule has 0 bridgehead atoms. The van der Waals surface area contributed by atoms with Gasteiger partial charge >= 0.3 is 0 Å². The molecule has 31 heavy (non-hydrogen) atoms. The van der Waals surface area contributed by atoms with Crippen molar-refractivity contribution >= 4 is 17.1 Å². The highest BCUT2D eigenvalue weighted by molar-refractivity contribution is 5.79. The summed E-state index contributed by atoms with van der Waals surface area (Å²) in [5, 5.41) is 0. The van der Waals surface area contributed by atoms with Crippen LogP contribution in [0.15, 0.2) is 122 Å². The van der Waals surface area contributed by atoms with Gasteiger partial charge in [-0.25, -0.2) is 9.97 Å². The molecule has 0 saturated carbocycles. The Kier molecular flexibility index (Phi) is 5.18. The fourth-order valence-corrected chi connectivity index (χ4v) is 3.58. The predicted octanol–water partition coefficient (Wildman–Crippen LogP) is 6.68. The monoisotopic (exact) mass is 400 g/mol. The summed E-state index contributed by atoms with van der Waals surface area (Å²) in [6.45, 7) is 0. The Bertz CT molecular complexity index is 1150. The molecule has 5 rings (SSSR count). The smallest absolute Gasteiger partial charge is 0.159 e. The molecule has 0 fully saturated rings. The van der Waals surface area contributed by atoms with E-state index in [-0.39, 0.29) is 0 Å². The lowest BCUT2D eigenvalue weighted by atomic mass is 10.1. The Balaban J connectivity index is 1.52. The van der Waals surface area contributed by atoms with Gasteiger partial charge in [0, 0.05) is 47.4 Å². The summed E-state index contributed by atoms with van der Waals surface area (Å²) in [6, 6.07) is 33.2. The molecule has 148 valence electrons. The lowest BCUT2D eigenvalue weighted by Crippen LogP contribution is -2.09. The topological polar surface area (TPSA) is 41.9 Å². The third-order valence-electron chi connectivity index (χ3n) is 5.10. The highest BCUT2D eigenvalue weighted by Crippen LogP contribution is 2.36. The van der Waals surface area contributed by atoms with E-state index < -0.39 is 0 Å². The van der Waals surface area contributed by atoms with Crippen LogP contribution in [0.4, 0.5) is 17.1 Å². The number of pyridine rings is 1. The van der Waals surface area contributed by atoms with Crippen LogP contribution < -0.4 is 4.90 Å². The van der Waals surface area contributed by atoms with E-state index in [2.05, 4.69) is 92.6 Å². The quantitative estimate of drug-likeness (QED) is 0.330. The molecule has 4 heteroatoms. The maximum atomic E-state index is 4.35. The lowest BCUT2D eigenvalue weighted by molar-refractivity contribution is 1.17. The Labute approximate surface area is 181 Å². The zero-order valence-corrected chi connectivity index (χ0v) is 16.8. The Hall–Kier alpha value is -4.31. The van der Waals surface area contributed by atoms with Gasteiger partial charge in [-0.15, -0.1) is 0 Å². The van der Waals surface area contributed by atoms with E-state index in [0.29, 0.717) is 0 Å². The summed E-state index contributed by atoms with van der Waals surface area (Å²) in [7, 11) is 0. The number of benzene rings is 3. The van der Waals surface area contributed by atoms with Crippen LogP contribution in [0.5, 0.6) is 0 Å². The van der Waals surface area contributed by atoms with Crippen molar-refractivity contribution in [2.45, 2.75) is 0 Å². The molecule has 3 aromatic carbocycles. The SMILES string of the molecule is c1ccc(N(c2ccc(-c3ccncc3)cc2)c2ccc(-c3ncccn3)cc2)cc1. The number of hydrogen-bond acceptors (Lipinski definition) is 4. The minimum atomic E-state index is 0.724. The van der Waals surface area contributed by atoms with Crippen molar-refractivity contribution in [3.63, 3.8) is 0 Å². The van der Waals surface area contributed by atoms with Crippen molar-refractivity contribution in [3.8, 4) is 22.5 Å². The Morgan fingerprint density at radius 3 is 1.55 bits per heavy atom. The van der Waals surface area contributed by atoms with E-state index in [4.69, 9.17) is 0 Å². The normalized spacial score (nSPS) is 10.6. The van der Waals surface area contributed by atoms with Gasteiger partial charge in [-0.3, -0.25) is 4.98 Å². The molecule has 0 unspecified atom stereocenters. The van der Waals surface area contributed by atoms with Crippen LogP contribution in [0.2, 0.25) is 0 Å². The largest absolute Gasteiger partial charge is 0.311 e. The molecule has 0 atom stereocenters. The minimum absolute atomic E-state index is 0.724. The van der Waals surface area contributed by atoms with E-state index in [1.54, 1.807) is 12.4 Å². The first-order valence-corrected chi connectivity index (χ1v) is 10.1. The van der Waals surface area contributed by atoms with Gasteiger partial charge < -0.3 is 4.90 Å². The minimum Gasteiger partial charge on any atom is -0.311 e. The van der Waals surface area contributed by atoms with Gasteiger partial charge in [-0.1, -0.05) is 30.3 Å². The molecule has 0 aliphatic rings. The molecule has 0 amide bonds. The molecule has 0 radical (unpaired) electrons. The first kappa shape index (κ1) is 18.7. The van der Waals surface area contributed by atoms with Crippen LogP contribution in [0.1, 0.15) is 0 Å².